The summed E-state index contributed by atoms with van der Waals surface area (Å²) in [6.07, 6.45) is 10.9. The van der Waals surface area contributed by atoms with E-state index in [1.165, 1.54) is 5.22 Å². The molecule has 1 aliphatic carbocycles. The third-order valence-electron chi connectivity index (χ3n) is 2.69. The highest BCUT2D eigenvalue weighted by molar-refractivity contribution is 5.43. The van der Waals surface area contributed by atoms with Crippen LogP contribution < -0.4 is 10.6 Å². The van der Waals surface area contributed by atoms with Crippen molar-refractivity contribution in [3.8, 4) is 0 Å². The lowest BCUT2D eigenvalue weighted by molar-refractivity contribution is 0.617. The molecule has 1 aromatic heterocycles. The number of H-pyrrole nitrogens is 1. The van der Waals surface area contributed by atoms with Crippen LogP contribution in [0.3, 0.4) is 0 Å². The van der Waals surface area contributed by atoms with Gasteiger partial charge in [-0.25, -0.2) is 0 Å². The second-order valence-electron chi connectivity index (χ2n) is 5.50. The summed E-state index contributed by atoms with van der Waals surface area (Å²) in [6.45, 7) is 12.8. The van der Waals surface area contributed by atoms with Gasteiger partial charge in [0.2, 0.25) is 0 Å². The molecule has 0 unspecified atom stereocenters. The largest absolute Gasteiger partial charge is 0.278 e. The van der Waals surface area contributed by atoms with Gasteiger partial charge in [-0.15, -0.1) is 0 Å². The predicted molar refractivity (Wildman–Crippen MR) is 74.8 cm³/mol. The molecule has 0 saturated heterocycles. The van der Waals surface area contributed by atoms with Crippen LogP contribution in [0, 0.1) is 10.8 Å². The topological polar surface area (TPSA) is 28.7 Å². The zero-order valence-corrected chi connectivity index (χ0v) is 11.8. The van der Waals surface area contributed by atoms with Crippen molar-refractivity contribution in [2.24, 2.45) is 10.8 Å². The van der Waals surface area contributed by atoms with Crippen molar-refractivity contribution in [3.05, 3.63) is 28.9 Å². The van der Waals surface area contributed by atoms with Crippen LogP contribution in [0.1, 0.15) is 41.5 Å². The summed E-state index contributed by atoms with van der Waals surface area (Å²) in [4.78, 5) is 0. The Labute approximate surface area is 104 Å². The first-order valence-corrected chi connectivity index (χ1v) is 6.34. The minimum atomic E-state index is 0.0762. The number of nitrogens with zero attached hydrogens (tertiary/aromatic N) is 1. The van der Waals surface area contributed by atoms with E-state index in [4.69, 9.17) is 0 Å². The second-order valence-corrected chi connectivity index (χ2v) is 5.50. The Kier molecular flexibility index (Phi) is 3.97. The second kappa shape index (κ2) is 4.91. The van der Waals surface area contributed by atoms with Crippen LogP contribution in [-0.4, -0.2) is 10.2 Å². The molecule has 0 spiro atoms. The molecule has 0 atom stereocenters. The fourth-order valence-corrected chi connectivity index (χ4v) is 1.83. The van der Waals surface area contributed by atoms with E-state index in [2.05, 4.69) is 62.2 Å². The van der Waals surface area contributed by atoms with Gasteiger partial charge < -0.3 is 0 Å². The minimum absolute atomic E-state index is 0.0762. The summed E-state index contributed by atoms with van der Waals surface area (Å²) >= 11 is 0. The zero-order valence-electron chi connectivity index (χ0n) is 11.8. The third kappa shape index (κ3) is 3.58. The van der Waals surface area contributed by atoms with Gasteiger partial charge in [0.25, 0.3) is 0 Å². The highest BCUT2D eigenvalue weighted by atomic mass is 15.1. The molecule has 0 fully saturated rings. The molecule has 2 heteroatoms. The Bertz CT molecular complexity index is 457. The van der Waals surface area contributed by atoms with Crippen LogP contribution in [0.5, 0.6) is 0 Å². The Morgan fingerprint density at radius 3 is 2.06 bits per heavy atom. The molecule has 0 bridgehead atoms. The van der Waals surface area contributed by atoms with Crippen LogP contribution in [0.4, 0.5) is 0 Å². The highest BCUT2D eigenvalue weighted by Crippen LogP contribution is 2.26. The molecule has 0 saturated carbocycles. The average Bonchev–Trinajstić information content (AvgIpc) is 2.64. The predicted octanol–water partition coefficient (Wildman–Crippen LogP) is 2.62. The van der Waals surface area contributed by atoms with Gasteiger partial charge in [-0.2, -0.15) is 5.10 Å². The zero-order chi connectivity index (χ0) is 13.1. The van der Waals surface area contributed by atoms with E-state index >= 15 is 0 Å². The molecule has 1 N–H and O–H groups in total. The first-order valence-electron chi connectivity index (χ1n) is 6.34. The standard InChI is InChI=1S/C13H18N2.C2H6/c1-12(2)5-6-13(3,4)8-11-10(7-12)9-14-15-11;1-2/h5-9,15H,1-4H3;1-2H3/b6-5-,10-7-,11-8+;. The van der Waals surface area contributed by atoms with Crippen molar-refractivity contribution in [1.82, 2.24) is 10.2 Å². The first kappa shape index (κ1) is 13.8. The summed E-state index contributed by atoms with van der Waals surface area (Å²) in [5.41, 5.74) is 0.164. The maximum Gasteiger partial charge on any atom is 0.0616 e. The minimum Gasteiger partial charge on any atom is -0.278 e. The molecular formula is C15H24N2. The van der Waals surface area contributed by atoms with E-state index in [1.54, 1.807) is 0 Å². The Balaban J connectivity index is 0.000000686. The Morgan fingerprint density at radius 1 is 0.941 bits per heavy atom. The van der Waals surface area contributed by atoms with Crippen molar-refractivity contribution in [2.75, 3.05) is 0 Å². The van der Waals surface area contributed by atoms with Crippen LogP contribution in [0.2, 0.25) is 0 Å². The molecule has 0 aromatic carbocycles. The molecule has 1 aliphatic rings. The third-order valence-corrected chi connectivity index (χ3v) is 2.69. The number of rotatable bonds is 0. The summed E-state index contributed by atoms with van der Waals surface area (Å²) in [5.74, 6) is 0. The average molecular weight is 232 g/mol. The van der Waals surface area contributed by atoms with Crippen LogP contribution in [0.15, 0.2) is 18.3 Å². The normalized spacial score (nSPS) is 25.5. The maximum atomic E-state index is 4.10. The van der Waals surface area contributed by atoms with Crippen molar-refractivity contribution in [3.63, 3.8) is 0 Å². The molecule has 0 radical (unpaired) electrons. The Morgan fingerprint density at radius 2 is 1.47 bits per heavy atom. The van der Waals surface area contributed by atoms with Crippen LogP contribution >= 0.6 is 0 Å². The Hall–Kier alpha value is -1.31. The van der Waals surface area contributed by atoms with E-state index in [1.807, 2.05) is 20.0 Å². The van der Waals surface area contributed by atoms with Gasteiger partial charge in [0.05, 0.1) is 11.5 Å². The van der Waals surface area contributed by atoms with E-state index in [0.717, 1.165) is 5.35 Å². The highest BCUT2D eigenvalue weighted by Gasteiger charge is 2.17. The summed E-state index contributed by atoms with van der Waals surface area (Å²) in [5, 5.41) is 9.47. The lowest BCUT2D eigenvalue weighted by Gasteiger charge is -2.21. The number of hydrogen-bond donors (Lipinski definition) is 1. The van der Waals surface area contributed by atoms with Crippen molar-refractivity contribution in [2.45, 2.75) is 41.5 Å². The van der Waals surface area contributed by atoms with Crippen molar-refractivity contribution >= 4 is 12.2 Å². The summed E-state index contributed by atoms with van der Waals surface area (Å²) < 4.78 is 0. The number of fused-ring (bicyclic) bond motifs is 1. The number of hydrogen-bond acceptors (Lipinski definition) is 1. The summed E-state index contributed by atoms with van der Waals surface area (Å²) in [6, 6.07) is 0. The molecule has 2 rings (SSSR count). The molecule has 0 aliphatic heterocycles. The van der Waals surface area contributed by atoms with Gasteiger partial charge in [-0.1, -0.05) is 59.8 Å². The molecule has 1 heterocycles. The lowest BCUT2D eigenvalue weighted by Crippen LogP contribution is -2.29. The maximum absolute atomic E-state index is 4.10. The van der Waals surface area contributed by atoms with Gasteiger partial charge >= 0.3 is 0 Å². The van der Waals surface area contributed by atoms with Crippen LogP contribution in [-0.2, 0) is 0 Å². The monoisotopic (exact) mass is 232 g/mol. The quantitative estimate of drug-likeness (QED) is 0.684. The van der Waals surface area contributed by atoms with E-state index < -0.39 is 0 Å². The number of aromatic amines is 1. The smallest absolute Gasteiger partial charge is 0.0616 e. The number of aromatic nitrogens is 2. The van der Waals surface area contributed by atoms with Crippen molar-refractivity contribution in [1.29, 1.82) is 0 Å². The van der Waals surface area contributed by atoms with Gasteiger partial charge in [-0.3, -0.25) is 5.10 Å². The van der Waals surface area contributed by atoms with Crippen molar-refractivity contribution < 1.29 is 0 Å². The number of nitrogens with one attached hydrogen (secondary N) is 1. The van der Waals surface area contributed by atoms with E-state index in [0.29, 0.717) is 0 Å². The lowest BCUT2D eigenvalue weighted by atomic mass is 9.84. The van der Waals surface area contributed by atoms with Gasteiger partial charge in [0.15, 0.2) is 0 Å². The molecule has 1 aromatic rings. The molecule has 17 heavy (non-hydrogen) atoms. The fraction of sp³-hybridized carbons (Fsp3) is 0.533. The first-order chi connectivity index (χ1) is 7.88. The van der Waals surface area contributed by atoms with Gasteiger partial charge in [0.1, 0.15) is 0 Å². The van der Waals surface area contributed by atoms with E-state index in [9.17, 15) is 0 Å². The molecule has 94 valence electrons. The van der Waals surface area contributed by atoms with E-state index in [-0.39, 0.29) is 10.8 Å². The number of allylic oxidation sites excluding steroid dienone is 2. The molecule has 2 nitrogen and oxygen atoms in total. The summed E-state index contributed by atoms with van der Waals surface area (Å²) in [7, 11) is 0. The fourth-order valence-electron chi connectivity index (χ4n) is 1.83. The SMILES string of the molecule is CC.CC1(C)/C=C\C(C)(C)/C=c2/[nH]nc/c2=C/1. The molecule has 0 amide bonds. The van der Waals surface area contributed by atoms with Gasteiger partial charge in [-0.05, 0) is 6.08 Å². The van der Waals surface area contributed by atoms with Gasteiger partial charge in [0, 0.05) is 16.0 Å². The van der Waals surface area contributed by atoms with Crippen LogP contribution in [0.25, 0.3) is 12.2 Å². The molecular weight excluding hydrogens is 208 g/mol.